The van der Waals surface area contributed by atoms with Crippen molar-refractivity contribution in [1.29, 1.82) is 0 Å². The predicted molar refractivity (Wildman–Crippen MR) is 39.7 cm³/mol. The number of nitrogens with two attached hydrogens (primary N) is 2. The number of ether oxygens (including phenoxy) is 1. The Balaban J connectivity index is 3.13. The Morgan fingerprint density at radius 1 is 1.29 bits per heavy atom. The van der Waals surface area contributed by atoms with Crippen LogP contribution in [0.15, 0.2) is 6.20 Å². The summed E-state index contributed by atoms with van der Waals surface area (Å²) in [6.45, 7) is 0. The maximum atomic E-state index is 12.6. The lowest BCUT2D eigenvalue weighted by Crippen LogP contribution is -2.19. The van der Waals surface area contributed by atoms with E-state index in [1.54, 1.807) is 0 Å². The molecule has 4 N–H and O–H groups in total. The number of hydrogen-bond acceptors (Lipinski definition) is 4. The van der Waals surface area contributed by atoms with Gasteiger partial charge in [-0.15, -0.1) is 13.2 Å². The van der Waals surface area contributed by atoms with Gasteiger partial charge in [0, 0.05) is 0 Å². The molecule has 0 unspecified atom stereocenters. The summed E-state index contributed by atoms with van der Waals surface area (Å²) in [4.78, 5) is 3.12. The third-order valence-corrected chi connectivity index (χ3v) is 1.27. The fourth-order valence-electron chi connectivity index (χ4n) is 0.724. The molecule has 1 aromatic rings. The Kier molecular flexibility index (Phi) is 2.37. The maximum Gasteiger partial charge on any atom is 0.573 e. The molecule has 1 aromatic heterocycles. The van der Waals surface area contributed by atoms with E-state index >= 15 is 0 Å². The van der Waals surface area contributed by atoms with Crippen molar-refractivity contribution in [3.05, 3.63) is 12.0 Å². The number of hydrogen-bond donors (Lipinski definition) is 2. The van der Waals surface area contributed by atoms with E-state index in [2.05, 4.69) is 9.72 Å². The van der Waals surface area contributed by atoms with E-state index in [-0.39, 0.29) is 0 Å². The van der Waals surface area contributed by atoms with Gasteiger partial charge in [0.25, 0.3) is 0 Å². The zero-order chi connectivity index (χ0) is 10.9. The van der Waals surface area contributed by atoms with Crippen LogP contribution in [-0.4, -0.2) is 11.3 Å². The van der Waals surface area contributed by atoms with Crippen molar-refractivity contribution in [3.63, 3.8) is 0 Å². The van der Waals surface area contributed by atoms with Crippen LogP contribution in [0.1, 0.15) is 0 Å². The first-order chi connectivity index (χ1) is 6.31. The highest BCUT2D eigenvalue weighted by molar-refractivity contribution is 5.63. The quantitative estimate of drug-likeness (QED) is 0.686. The minimum absolute atomic E-state index is 0.605. The van der Waals surface area contributed by atoms with E-state index in [0.717, 1.165) is 0 Å². The summed E-state index contributed by atoms with van der Waals surface area (Å²) >= 11 is 0. The van der Waals surface area contributed by atoms with Crippen molar-refractivity contribution < 1.29 is 22.3 Å². The van der Waals surface area contributed by atoms with Gasteiger partial charge < -0.3 is 16.2 Å². The van der Waals surface area contributed by atoms with Crippen LogP contribution < -0.4 is 16.2 Å². The van der Waals surface area contributed by atoms with Crippen LogP contribution in [0.2, 0.25) is 0 Å². The monoisotopic (exact) mass is 211 g/mol. The van der Waals surface area contributed by atoms with E-state index in [0.29, 0.717) is 6.20 Å². The van der Waals surface area contributed by atoms with Crippen molar-refractivity contribution in [1.82, 2.24) is 4.98 Å². The first kappa shape index (κ1) is 10.4. The lowest BCUT2D eigenvalue weighted by atomic mass is 10.3. The van der Waals surface area contributed by atoms with Gasteiger partial charge in [-0.05, 0) is 0 Å². The van der Waals surface area contributed by atoms with E-state index in [4.69, 9.17) is 11.5 Å². The smallest absolute Gasteiger partial charge is 0.399 e. The first-order valence-electron chi connectivity index (χ1n) is 3.26. The number of nitrogen functional groups attached to an aromatic ring is 2. The van der Waals surface area contributed by atoms with Gasteiger partial charge >= 0.3 is 6.36 Å². The Hall–Kier alpha value is -1.73. The maximum absolute atomic E-state index is 12.6. The van der Waals surface area contributed by atoms with Gasteiger partial charge in [0.2, 0.25) is 0 Å². The normalized spacial score (nSPS) is 11.4. The molecule has 14 heavy (non-hydrogen) atoms. The molecule has 8 heteroatoms. The molecule has 0 saturated carbocycles. The van der Waals surface area contributed by atoms with Crippen molar-refractivity contribution in [2.24, 2.45) is 0 Å². The molecule has 0 bridgehead atoms. The molecule has 0 aliphatic rings. The van der Waals surface area contributed by atoms with Crippen LogP contribution >= 0.6 is 0 Å². The number of anilines is 2. The second-order valence-corrected chi connectivity index (χ2v) is 2.28. The summed E-state index contributed by atoms with van der Waals surface area (Å²) in [6, 6.07) is 0. The predicted octanol–water partition coefficient (Wildman–Crippen LogP) is 1.28. The highest BCUT2D eigenvalue weighted by atomic mass is 19.4. The number of alkyl halides is 3. The molecule has 0 aromatic carbocycles. The fourth-order valence-corrected chi connectivity index (χ4v) is 0.724. The van der Waals surface area contributed by atoms with Crippen LogP contribution in [0, 0.1) is 5.82 Å². The lowest BCUT2D eigenvalue weighted by molar-refractivity contribution is -0.274. The molecule has 0 amide bonds. The van der Waals surface area contributed by atoms with Gasteiger partial charge in [0.15, 0.2) is 17.4 Å². The fraction of sp³-hybridized carbons (Fsp3) is 0.167. The van der Waals surface area contributed by atoms with Crippen LogP contribution in [0.4, 0.5) is 29.1 Å². The highest BCUT2D eigenvalue weighted by Gasteiger charge is 2.33. The molecule has 0 radical (unpaired) electrons. The highest BCUT2D eigenvalue weighted by Crippen LogP contribution is 2.33. The minimum atomic E-state index is -4.99. The molecular formula is C6H5F4N3O. The molecule has 0 aliphatic heterocycles. The third kappa shape index (κ3) is 2.15. The van der Waals surface area contributed by atoms with E-state index in [1.807, 2.05) is 0 Å². The SMILES string of the molecule is Nc1ncc(F)c(N)c1OC(F)(F)F. The summed E-state index contributed by atoms with van der Waals surface area (Å²) in [5, 5.41) is 0. The Bertz CT molecular complexity index is 352. The first-order valence-corrected chi connectivity index (χ1v) is 3.26. The zero-order valence-electron chi connectivity index (χ0n) is 6.60. The molecule has 78 valence electrons. The van der Waals surface area contributed by atoms with Crippen molar-refractivity contribution in [2.75, 3.05) is 11.5 Å². The van der Waals surface area contributed by atoms with Crippen LogP contribution in [0.25, 0.3) is 0 Å². The van der Waals surface area contributed by atoms with E-state index in [1.165, 1.54) is 0 Å². The summed E-state index contributed by atoms with van der Waals surface area (Å²) in [7, 11) is 0. The van der Waals surface area contributed by atoms with Gasteiger partial charge in [-0.25, -0.2) is 9.37 Å². The Labute approximate surface area is 75.5 Å². The molecule has 0 saturated heterocycles. The molecular weight excluding hydrogens is 206 g/mol. The number of rotatable bonds is 1. The molecule has 0 atom stereocenters. The van der Waals surface area contributed by atoms with Crippen molar-refractivity contribution >= 4 is 11.5 Å². The molecule has 1 rings (SSSR count). The van der Waals surface area contributed by atoms with Gasteiger partial charge in [-0.1, -0.05) is 0 Å². The summed E-state index contributed by atoms with van der Waals surface area (Å²) < 4.78 is 51.3. The minimum Gasteiger partial charge on any atom is -0.399 e. The molecule has 4 nitrogen and oxygen atoms in total. The summed E-state index contributed by atoms with van der Waals surface area (Å²) in [5.41, 5.74) is 9.16. The Morgan fingerprint density at radius 3 is 2.36 bits per heavy atom. The summed E-state index contributed by atoms with van der Waals surface area (Å²) in [6.07, 6.45) is -4.38. The molecule has 0 fully saturated rings. The zero-order valence-corrected chi connectivity index (χ0v) is 6.60. The third-order valence-electron chi connectivity index (χ3n) is 1.27. The van der Waals surface area contributed by atoms with Crippen molar-refractivity contribution in [3.8, 4) is 5.75 Å². The van der Waals surface area contributed by atoms with Gasteiger partial charge in [-0.2, -0.15) is 0 Å². The van der Waals surface area contributed by atoms with Crippen LogP contribution in [-0.2, 0) is 0 Å². The molecule has 0 aliphatic carbocycles. The van der Waals surface area contributed by atoms with Gasteiger partial charge in [0.1, 0.15) is 5.69 Å². The van der Waals surface area contributed by atoms with Gasteiger partial charge in [-0.3, -0.25) is 0 Å². The number of pyridine rings is 1. The number of halogens is 4. The second-order valence-electron chi connectivity index (χ2n) is 2.28. The van der Waals surface area contributed by atoms with Crippen LogP contribution in [0.3, 0.4) is 0 Å². The van der Waals surface area contributed by atoms with Gasteiger partial charge in [0.05, 0.1) is 6.20 Å². The molecule has 1 heterocycles. The number of nitrogens with zero attached hydrogens (tertiary/aromatic N) is 1. The summed E-state index contributed by atoms with van der Waals surface area (Å²) in [5.74, 6) is -2.77. The molecule has 0 spiro atoms. The number of aromatic nitrogens is 1. The Morgan fingerprint density at radius 2 is 1.86 bits per heavy atom. The van der Waals surface area contributed by atoms with E-state index < -0.39 is 29.4 Å². The lowest BCUT2D eigenvalue weighted by Gasteiger charge is -2.12. The second kappa shape index (κ2) is 3.20. The van der Waals surface area contributed by atoms with Crippen LogP contribution in [0.5, 0.6) is 5.75 Å². The average Bonchev–Trinajstić information content (AvgIpc) is 2.04. The largest absolute Gasteiger partial charge is 0.573 e. The standard InChI is InChI=1S/C6H5F4N3O/c7-2-1-13-5(12)4(3(2)11)14-6(8,9)10/h1H,(H4,11,12,13). The topological polar surface area (TPSA) is 74.2 Å². The average molecular weight is 211 g/mol. The van der Waals surface area contributed by atoms with Crippen molar-refractivity contribution in [2.45, 2.75) is 6.36 Å². The van der Waals surface area contributed by atoms with E-state index in [9.17, 15) is 17.6 Å².